The molecule has 2 N–H and O–H groups in total. The molecular weight excluding hydrogens is 194 g/mol. The number of hydrogen-bond acceptors (Lipinski definition) is 3. The van der Waals surface area contributed by atoms with Crippen LogP contribution >= 0.6 is 0 Å². The lowest BCUT2D eigenvalue weighted by molar-refractivity contribution is 0.0511. The number of furan rings is 1. The van der Waals surface area contributed by atoms with Crippen molar-refractivity contribution in [2.45, 2.75) is 32.8 Å². The average Bonchev–Trinajstić information content (AvgIpc) is 2.61. The first-order valence-corrected chi connectivity index (χ1v) is 5.01. The summed E-state index contributed by atoms with van der Waals surface area (Å²) in [5, 5.41) is 12.3. The lowest BCUT2D eigenvalue weighted by atomic mass is 10.0. The van der Waals surface area contributed by atoms with Crippen molar-refractivity contribution in [3.8, 4) is 0 Å². The predicted molar refractivity (Wildman–Crippen MR) is 56.7 cm³/mol. The fourth-order valence-corrected chi connectivity index (χ4v) is 1.08. The van der Waals surface area contributed by atoms with Crippen molar-refractivity contribution in [2.24, 2.45) is 0 Å². The lowest BCUT2D eigenvalue weighted by Gasteiger charge is -2.21. The van der Waals surface area contributed by atoms with Gasteiger partial charge in [0.25, 0.3) is 5.91 Å². The Balaban J connectivity index is 2.55. The Bertz CT molecular complexity index is 341. The SMILES string of the molecule is CCC(C)(O)CNC(=O)c1occc1C. The molecule has 1 heterocycles. The van der Waals surface area contributed by atoms with E-state index in [1.54, 1.807) is 19.9 Å². The Labute approximate surface area is 89.3 Å². The van der Waals surface area contributed by atoms with Crippen LogP contribution in [0.2, 0.25) is 0 Å². The van der Waals surface area contributed by atoms with E-state index in [1.807, 2.05) is 6.92 Å². The number of carbonyl (C=O) groups excluding carboxylic acids is 1. The quantitative estimate of drug-likeness (QED) is 0.793. The van der Waals surface area contributed by atoms with Gasteiger partial charge in [-0.2, -0.15) is 0 Å². The van der Waals surface area contributed by atoms with E-state index in [1.165, 1.54) is 6.26 Å². The second-order valence-corrected chi connectivity index (χ2v) is 3.97. The molecule has 0 saturated carbocycles. The van der Waals surface area contributed by atoms with Gasteiger partial charge in [0.15, 0.2) is 5.76 Å². The van der Waals surface area contributed by atoms with Gasteiger partial charge in [-0.1, -0.05) is 6.92 Å². The molecule has 4 heteroatoms. The van der Waals surface area contributed by atoms with Gasteiger partial charge in [0.05, 0.1) is 11.9 Å². The van der Waals surface area contributed by atoms with E-state index in [4.69, 9.17) is 4.42 Å². The zero-order valence-corrected chi connectivity index (χ0v) is 9.33. The summed E-state index contributed by atoms with van der Waals surface area (Å²) < 4.78 is 5.03. The second kappa shape index (κ2) is 4.49. The van der Waals surface area contributed by atoms with Crippen molar-refractivity contribution >= 4 is 5.91 Å². The normalized spacial score (nSPS) is 14.7. The van der Waals surface area contributed by atoms with E-state index in [-0.39, 0.29) is 12.5 Å². The molecule has 0 aromatic carbocycles. The van der Waals surface area contributed by atoms with E-state index >= 15 is 0 Å². The monoisotopic (exact) mass is 211 g/mol. The first kappa shape index (κ1) is 11.8. The van der Waals surface area contributed by atoms with Crippen LogP contribution in [0, 0.1) is 6.92 Å². The van der Waals surface area contributed by atoms with E-state index in [2.05, 4.69) is 5.32 Å². The summed E-state index contributed by atoms with van der Waals surface area (Å²) in [6.07, 6.45) is 2.06. The number of hydrogen-bond donors (Lipinski definition) is 2. The average molecular weight is 211 g/mol. The van der Waals surface area contributed by atoms with Crippen LogP contribution in [0.1, 0.15) is 36.4 Å². The van der Waals surface area contributed by atoms with Crippen LogP contribution in [0.5, 0.6) is 0 Å². The van der Waals surface area contributed by atoms with Crippen molar-refractivity contribution in [3.05, 3.63) is 23.7 Å². The summed E-state index contributed by atoms with van der Waals surface area (Å²) in [6, 6.07) is 1.73. The third-order valence-corrected chi connectivity index (χ3v) is 2.46. The molecule has 0 saturated heterocycles. The molecule has 4 nitrogen and oxygen atoms in total. The molecule has 1 amide bonds. The van der Waals surface area contributed by atoms with Gasteiger partial charge in [0, 0.05) is 12.1 Å². The maximum Gasteiger partial charge on any atom is 0.287 e. The lowest BCUT2D eigenvalue weighted by Crippen LogP contribution is -2.40. The van der Waals surface area contributed by atoms with Crippen molar-refractivity contribution in [2.75, 3.05) is 6.54 Å². The predicted octanol–water partition coefficient (Wildman–Crippen LogP) is 1.48. The van der Waals surface area contributed by atoms with E-state index in [0.717, 1.165) is 5.56 Å². The number of rotatable bonds is 4. The summed E-state index contributed by atoms with van der Waals surface area (Å²) in [5.74, 6) is 0.0214. The summed E-state index contributed by atoms with van der Waals surface area (Å²) in [6.45, 7) is 5.57. The molecule has 0 aliphatic carbocycles. The highest BCUT2D eigenvalue weighted by molar-refractivity contribution is 5.92. The van der Waals surface area contributed by atoms with Crippen LogP contribution in [0.15, 0.2) is 16.7 Å². The Morgan fingerprint density at radius 1 is 1.67 bits per heavy atom. The van der Waals surface area contributed by atoms with Gasteiger partial charge >= 0.3 is 0 Å². The summed E-state index contributed by atoms with van der Waals surface area (Å²) in [7, 11) is 0. The zero-order chi connectivity index (χ0) is 11.5. The molecule has 0 radical (unpaired) electrons. The van der Waals surface area contributed by atoms with Crippen LogP contribution in [0.3, 0.4) is 0 Å². The van der Waals surface area contributed by atoms with Crippen LogP contribution in [0.25, 0.3) is 0 Å². The zero-order valence-electron chi connectivity index (χ0n) is 9.33. The third kappa shape index (κ3) is 3.09. The highest BCUT2D eigenvalue weighted by Gasteiger charge is 2.20. The Kier molecular flexibility index (Phi) is 3.52. The molecular formula is C11H17NO3. The van der Waals surface area contributed by atoms with E-state index in [9.17, 15) is 9.90 Å². The minimum absolute atomic E-state index is 0.225. The number of aryl methyl sites for hydroxylation is 1. The number of carbonyl (C=O) groups is 1. The van der Waals surface area contributed by atoms with Crippen LogP contribution in [0.4, 0.5) is 0 Å². The van der Waals surface area contributed by atoms with Crippen molar-refractivity contribution in [1.82, 2.24) is 5.32 Å². The molecule has 0 fully saturated rings. The van der Waals surface area contributed by atoms with Gasteiger partial charge < -0.3 is 14.8 Å². The highest BCUT2D eigenvalue weighted by Crippen LogP contribution is 2.10. The summed E-state index contributed by atoms with van der Waals surface area (Å²) in [4.78, 5) is 11.6. The number of aliphatic hydroxyl groups is 1. The summed E-state index contributed by atoms with van der Waals surface area (Å²) in [5.41, 5.74) is -0.0699. The van der Waals surface area contributed by atoms with E-state index in [0.29, 0.717) is 12.2 Å². The smallest absolute Gasteiger partial charge is 0.287 e. The van der Waals surface area contributed by atoms with Crippen molar-refractivity contribution < 1.29 is 14.3 Å². The maximum atomic E-state index is 11.6. The Morgan fingerprint density at radius 3 is 2.80 bits per heavy atom. The van der Waals surface area contributed by atoms with Crippen molar-refractivity contribution in [1.29, 1.82) is 0 Å². The largest absolute Gasteiger partial charge is 0.459 e. The highest BCUT2D eigenvalue weighted by atomic mass is 16.3. The molecule has 1 aromatic rings. The maximum absolute atomic E-state index is 11.6. The molecule has 0 aliphatic rings. The summed E-state index contributed by atoms with van der Waals surface area (Å²) >= 11 is 0. The third-order valence-electron chi connectivity index (χ3n) is 2.46. The minimum Gasteiger partial charge on any atom is -0.459 e. The molecule has 1 unspecified atom stereocenters. The standard InChI is InChI=1S/C11H17NO3/c1-4-11(3,14)7-12-10(13)9-8(2)5-6-15-9/h5-6,14H,4,7H2,1-3H3,(H,12,13). The van der Waals surface area contributed by atoms with Gasteiger partial charge in [-0.3, -0.25) is 4.79 Å². The minimum atomic E-state index is -0.865. The molecule has 0 spiro atoms. The van der Waals surface area contributed by atoms with Gasteiger partial charge in [-0.05, 0) is 26.3 Å². The number of amides is 1. The topological polar surface area (TPSA) is 62.5 Å². The first-order chi connectivity index (χ1) is 6.96. The molecule has 1 rings (SSSR count). The van der Waals surface area contributed by atoms with Crippen LogP contribution in [-0.2, 0) is 0 Å². The van der Waals surface area contributed by atoms with Crippen molar-refractivity contribution in [3.63, 3.8) is 0 Å². The second-order valence-electron chi connectivity index (χ2n) is 3.97. The van der Waals surface area contributed by atoms with Gasteiger partial charge in [-0.15, -0.1) is 0 Å². The van der Waals surface area contributed by atoms with Gasteiger partial charge in [-0.25, -0.2) is 0 Å². The number of nitrogens with one attached hydrogen (secondary N) is 1. The van der Waals surface area contributed by atoms with Gasteiger partial charge in [0.2, 0.25) is 0 Å². The van der Waals surface area contributed by atoms with Gasteiger partial charge in [0.1, 0.15) is 0 Å². The molecule has 1 atom stereocenters. The van der Waals surface area contributed by atoms with Crippen LogP contribution in [-0.4, -0.2) is 23.2 Å². The molecule has 84 valence electrons. The molecule has 15 heavy (non-hydrogen) atoms. The van der Waals surface area contributed by atoms with Crippen LogP contribution < -0.4 is 5.32 Å². The Hall–Kier alpha value is -1.29. The first-order valence-electron chi connectivity index (χ1n) is 5.01. The fourth-order valence-electron chi connectivity index (χ4n) is 1.08. The van der Waals surface area contributed by atoms with E-state index < -0.39 is 5.60 Å². The fraction of sp³-hybridized carbons (Fsp3) is 0.545. The molecule has 0 bridgehead atoms. The molecule has 1 aromatic heterocycles. The molecule has 0 aliphatic heterocycles. The Morgan fingerprint density at radius 2 is 2.33 bits per heavy atom.